The highest BCUT2D eigenvalue weighted by Crippen LogP contribution is 2.33. The number of nitrogens with one attached hydrogen (secondary N) is 3. The molecule has 2 atom stereocenters. The summed E-state index contributed by atoms with van der Waals surface area (Å²) >= 11 is 5.97. The number of ketones is 1. The molecule has 0 saturated carbocycles. The molecule has 1 amide bonds. The average molecular weight is 601 g/mol. The number of carbonyl (C=O) groups excluding carboxylic acids is 3. The molecule has 0 bridgehead atoms. The number of aliphatic hydroxyl groups excluding tert-OH is 1. The molecule has 0 saturated heterocycles. The number of phenols is 1. The van der Waals surface area contributed by atoms with Gasteiger partial charge in [0, 0.05) is 41.2 Å². The van der Waals surface area contributed by atoms with Gasteiger partial charge in [0.15, 0.2) is 11.7 Å². The number of β-amino-alcohol motifs (C(OH)–C–C–N with tert-alkyl or cyclic N) is 1. The summed E-state index contributed by atoms with van der Waals surface area (Å²) in [5.41, 5.74) is 0.472. The first-order chi connectivity index (χ1) is 19.3. The summed E-state index contributed by atoms with van der Waals surface area (Å²) in [7, 11) is 0. The minimum atomic E-state index is -4.98. The maximum atomic E-state index is 12.8. The van der Waals surface area contributed by atoms with Crippen LogP contribution in [0.4, 0.5) is 18.9 Å². The Morgan fingerprint density at radius 2 is 1.93 bits per heavy atom. The van der Waals surface area contributed by atoms with Crippen LogP contribution in [0.5, 0.6) is 11.5 Å². The molecule has 3 rings (SSSR count). The van der Waals surface area contributed by atoms with Crippen LogP contribution >= 0.6 is 11.6 Å². The third kappa shape index (κ3) is 10.5. The number of Topliss-reactive ketones (excluding diaryl/α,β-unsaturated/α-hetero) is 1. The Bertz CT molecular complexity index is 1310. The van der Waals surface area contributed by atoms with Gasteiger partial charge in [-0.3, -0.25) is 19.4 Å². The van der Waals surface area contributed by atoms with Gasteiger partial charge in [-0.1, -0.05) is 11.6 Å². The molecule has 41 heavy (non-hydrogen) atoms. The zero-order valence-corrected chi connectivity index (χ0v) is 22.5. The Kier molecular flexibility index (Phi) is 10.8. The molecule has 11 nitrogen and oxygen atoms in total. The van der Waals surface area contributed by atoms with E-state index >= 15 is 0 Å². The van der Waals surface area contributed by atoms with Crippen LogP contribution in [0.2, 0.25) is 5.02 Å². The zero-order chi connectivity index (χ0) is 30.2. The lowest BCUT2D eigenvalue weighted by molar-refractivity contribution is -0.274. The molecule has 0 aromatic heterocycles. The minimum Gasteiger partial charge on any atom is -0.508 e. The van der Waals surface area contributed by atoms with Crippen LogP contribution in [0.3, 0.4) is 0 Å². The van der Waals surface area contributed by atoms with Gasteiger partial charge >= 0.3 is 12.3 Å². The fourth-order valence-corrected chi connectivity index (χ4v) is 4.17. The fourth-order valence-electron chi connectivity index (χ4n) is 3.94. The molecule has 5 N–H and O–H groups in total. The Balaban J connectivity index is 1.69. The molecule has 0 radical (unpaired) electrons. The van der Waals surface area contributed by atoms with E-state index in [4.69, 9.17) is 16.3 Å². The molecule has 1 unspecified atom stereocenters. The van der Waals surface area contributed by atoms with E-state index in [-0.39, 0.29) is 54.4 Å². The number of aliphatic imine (C=N–C) groups is 1. The number of alkyl halides is 3. The molecule has 0 spiro atoms. The number of hydrogen-bond acceptors (Lipinski definition) is 10. The number of aromatic hydroxyl groups is 1. The van der Waals surface area contributed by atoms with Crippen molar-refractivity contribution in [3.8, 4) is 11.5 Å². The number of benzene rings is 2. The van der Waals surface area contributed by atoms with Crippen molar-refractivity contribution in [2.75, 3.05) is 31.6 Å². The van der Waals surface area contributed by atoms with Gasteiger partial charge < -0.3 is 35.6 Å². The SMILES string of the molecule is CCOC(=O)C[C@H](CC(=O)CNC(=O)c1cc(O)cc(NC2=NCC(O)CN2)c1)c1cc(Cl)cc(OC(F)(F)F)c1. The van der Waals surface area contributed by atoms with Crippen LogP contribution in [0, 0.1) is 0 Å². The van der Waals surface area contributed by atoms with Crippen LogP contribution in [0.25, 0.3) is 0 Å². The van der Waals surface area contributed by atoms with Gasteiger partial charge in [0.2, 0.25) is 0 Å². The Morgan fingerprint density at radius 1 is 1.17 bits per heavy atom. The summed E-state index contributed by atoms with van der Waals surface area (Å²) in [5, 5.41) is 27.6. The second kappa shape index (κ2) is 14.0. The van der Waals surface area contributed by atoms with E-state index in [0.29, 0.717) is 11.6 Å². The predicted molar refractivity (Wildman–Crippen MR) is 142 cm³/mol. The van der Waals surface area contributed by atoms with Gasteiger partial charge in [-0.2, -0.15) is 0 Å². The molecule has 15 heteroatoms. The van der Waals surface area contributed by atoms with Crippen molar-refractivity contribution in [1.82, 2.24) is 10.6 Å². The van der Waals surface area contributed by atoms with E-state index in [1.807, 2.05) is 0 Å². The van der Waals surface area contributed by atoms with Crippen molar-refractivity contribution >= 4 is 40.9 Å². The number of ether oxygens (including phenoxy) is 2. The zero-order valence-electron chi connectivity index (χ0n) is 21.8. The van der Waals surface area contributed by atoms with Crippen LogP contribution in [-0.4, -0.2) is 72.5 Å². The first kappa shape index (κ1) is 31.5. The standard InChI is InChI=1S/C26H28ClF3N4O7/c1-2-40-23(38)8-15(14-3-17(27)9-22(7-14)41-26(28,29)30)5-20(36)11-31-24(39)16-4-18(10-19(35)6-16)34-25-32-12-21(37)13-33-25/h3-4,6-7,9-10,15,21,35,37H,2,5,8,11-13H2,1H3,(H,31,39)(H2,32,33,34)/t15-/m0/s1. The van der Waals surface area contributed by atoms with E-state index in [9.17, 15) is 37.8 Å². The van der Waals surface area contributed by atoms with Gasteiger partial charge in [0.1, 0.15) is 11.5 Å². The summed E-state index contributed by atoms with van der Waals surface area (Å²) < 4.78 is 47.1. The quantitative estimate of drug-likeness (QED) is 0.244. The molecule has 1 aliphatic heterocycles. The van der Waals surface area contributed by atoms with Crippen molar-refractivity contribution < 1.29 is 47.2 Å². The summed E-state index contributed by atoms with van der Waals surface area (Å²) in [4.78, 5) is 41.8. The monoisotopic (exact) mass is 600 g/mol. The molecule has 0 aliphatic carbocycles. The first-order valence-corrected chi connectivity index (χ1v) is 12.8. The van der Waals surface area contributed by atoms with Crippen LogP contribution in [0.15, 0.2) is 41.4 Å². The summed E-state index contributed by atoms with van der Waals surface area (Å²) in [6.07, 6.45) is -6.29. The second-order valence-corrected chi connectivity index (χ2v) is 9.45. The summed E-state index contributed by atoms with van der Waals surface area (Å²) in [5.74, 6) is -3.37. The molecule has 222 valence electrons. The van der Waals surface area contributed by atoms with E-state index in [2.05, 4.69) is 25.7 Å². The van der Waals surface area contributed by atoms with Crippen molar-refractivity contribution in [3.63, 3.8) is 0 Å². The first-order valence-electron chi connectivity index (χ1n) is 12.4. The third-order valence-electron chi connectivity index (χ3n) is 5.65. The number of anilines is 1. The highest BCUT2D eigenvalue weighted by molar-refractivity contribution is 6.30. The van der Waals surface area contributed by atoms with Gasteiger partial charge in [-0.05, 0) is 42.8 Å². The molecule has 2 aromatic carbocycles. The number of nitrogens with zero attached hydrogens (tertiary/aromatic N) is 1. The van der Waals surface area contributed by atoms with Crippen LogP contribution in [0.1, 0.15) is 41.6 Å². The van der Waals surface area contributed by atoms with E-state index in [1.54, 1.807) is 6.92 Å². The van der Waals surface area contributed by atoms with Crippen molar-refractivity contribution in [1.29, 1.82) is 0 Å². The topological polar surface area (TPSA) is 159 Å². The molecular formula is C26H28ClF3N4O7. The lowest BCUT2D eigenvalue weighted by atomic mass is 9.90. The summed E-state index contributed by atoms with van der Waals surface area (Å²) in [6.45, 7) is 1.60. The Hall–Kier alpha value is -4.04. The van der Waals surface area contributed by atoms with Gasteiger partial charge in [0.05, 0.1) is 32.2 Å². The van der Waals surface area contributed by atoms with Crippen molar-refractivity contribution in [2.45, 2.75) is 38.1 Å². The number of amides is 1. The van der Waals surface area contributed by atoms with Crippen LogP contribution in [-0.2, 0) is 14.3 Å². The molecular weight excluding hydrogens is 573 g/mol. The number of rotatable bonds is 11. The van der Waals surface area contributed by atoms with Crippen molar-refractivity contribution in [2.24, 2.45) is 4.99 Å². The Morgan fingerprint density at radius 3 is 2.59 bits per heavy atom. The van der Waals surface area contributed by atoms with E-state index in [1.165, 1.54) is 24.3 Å². The highest BCUT2D eigenvalue weighted by Gasteiger charge is 2.32. The summed E-state index contributed by atoms with van der Waals surface area (Å²) in [6, 6.07) is 7.23. The van der Waals surface area contributed by atoms with E-state index < -0.39 is 48.3 Å². The second-order valence-electron chi connectivity index (χ2n) is 9.02. The van der Waals surface area contributed by atoms with Crippen molar-refractivity contribution in [3.05, 3.63) is 52.5 Å². The number of esters is 1. The number of carbonyl (C=O) groups is 3. The minimum absolute atomic E-state index is 0.0172. The number of phenolic OH excluding ortho intramolecular Hbond substituents is 1. The largest absolute Gasteiger partial charge is 0.573 e. The predicted octanol–water partition coefficient (Wildman–Crippen LogP) is 3.10. The third-order valence-corrected chi connectivity index (χ3v) is 5.86. The lowest BCUT2D eigenvalue weighted by Gasteiger charge is -2.20. The number of guanidine groups is 1. The molecule has 1 heterocycles. The number of hydrogen-bond donors (Lipinski definition) is 5. The maximum absolute atomic E-state index is 12.8. The Labute approximate surface area is 237 Å². The van der Waals surface area contributed by atoms with Gasteiger partial charge in [0.25, 0.3) is 5.91 Å². The molecule has 0 fully saturated rings. The number of aliphatic hydroxyl groups is 1. The number of halogens is 4. The normalized spacial score (nSPS) is 15.7. The van der Waals surface area contributed by atoms with Gasteiger partial charge in [-0.25, -0.2) is 0 Å². The smallest absolute Gasteiger partial charge is 0.508 e. The molecule has 2 aromatic rings. The van der Waals surface area contributed by atoms with Crippen LogP contribution < -0.4 is 20.7 Å². The average Bonchev–Trinajstić information content (AvgIpc) is 2.86. The molecule has 1 aliphatic rings. The fraction of sp³-hybridized carbons (Fsp3) is 0.385. The maximum Gasteiger partial charge on any atom is 0.573 e. The lowest BCUT2D eigenvalue weighted by Crippen LogP contribution is -2.42. The van der Waals surface area contributed by atoms with E-state index in [0.717, 1.165) is 12.1 Å². The van der Waals surface area contributed by atoms with Gasteiger partial charge in [-0.15, -0.1) is 13.2 Å². The highest BCUT2D eigenvalue weighted by atomic mass is 35.5.